The van der Waals surface area contributed by atoms with Gasteiger partial charge in [0.25, 0.3) is 10.0 Å². The molecular formula is C15H21N3O2S2. The van der Waals surface area contributed by atoms with Crippen LogP contribution in [0.5, 0.6) is 0 Å². The molecule has 120 valence electrons. The predicted octanol–water partition coefficient (Wildman–Crippen LogP) is 3.09. The highest BCUT2D eigenvalue weighted by atomic mass is 32.2. The van der Waals surface area contributed by atoms with Crippen LogP contribution in [0.25, 0.3) is 0 Å². The Bertz CT molecular complexity index is 735. The molecule has 0 unspecified atom stereocenters. The SMILES string of the molecule is CC(C)n1cnc(S(=O)(=O)N2C[C@@H](c3ccsc3)C[C@@H]2C)c1. The van der Waals surface area contributed by atoms with Gasteiger partial charge in [-0.05, 0) is 49.6 Å². The molecule has 1 aliphatic rings. The first-order valence-corrected chi connectivity index (χ1v) is 9.85. The van der Waals surface area contributed by atoms with Crippen molar-refractivity contribution in [3.63, 3.8) is 0 Å². The maximum absolute atomic E-state index is 12.8. The summed E-state index contributed by atoms with van der Waals surface area (Å²) in [6.07, 6.45) is 4.08. The van der Waals surface area contributed by atoms with E-state index in [4.69, 9.17) is 0 Å². The van der Waals surface area contributed by atoms with E-state index in [1.807, 2.05) is 30.7 Å². The fraction of sp³-hybridized carbons (Fsp3) is 0.533. The largest absolute Gasteiger partial charge is 0.334 e. The molecule has 0 bridgehead atoms. The first kappa shape index (κ1) is 15.7. The quantitative estimate of drug-likeness (QED) is 0.860. The van der Waals surface area contributed by atoms with Crippen molar-refractivity contribution >= 4 is 21.4 Å². The first-order valence-electron chi connectivity index (χ1n) is 7.47. The minimum Gasteiger partial charge on any atom is -0.334 e. The van der Waals surface area contributed by atoms with Crippen LogP contribution in [-0.2, 0) is 10.0 Å². The van der Waals surface area contributed by atoms with Crippen molar-refractivity contribution in [1.82, 2.24) is 13.9 Å². The number of thiophene rings is 1. The molecular weight excluding hydrogens is 318 g/mol. The van der Waals surface area contributed by atoms with Gasteiger partial charge in [-0.15, -0.1) is 0 Å². The van der Waals surface area contributed by atoms with Crippen LogP contribution in [0.3, 0.4) is 0 Å². The van der Waals surface area contributed by atoms with Gasteiger partial charge in [0.15, 0.2) is 5.03 Å². The number of nitrogens with zero attached hydrogens (tertiary/aromatic N) is 3. The highest BCUT2D eigenvalue weighted by Gasteiger charge is 2.39. The third-order valence-electron chi connectivity index (χ3n) is 4.28. The van der Waals surface area contributed by atoms with Crippen LogP contribution in [0.2, 0.25) is 0 Å². The van der Waals surface area contributed by atoms with Crippen molar-refractivity contribution in [3.05, 3.63) is 34.9 Å². The summed E-state index contributed by atoms with van der Waals surface area (Å²) in [7, 11) is -3.52. The van der Waals surface area contributed by atoms with E-state index in [0.29, 0.717) is 6.54 Å². The highest BCUT2D eigenvalue weighted by molar-refractivity contribution is 7.89. The van der Waals surface area contributed by atoms with Gasteiger partial charge in [0, 0.05) is 30.7 Å². The molecule has 1 aliphatic heterocycles. The van der Waals surface area contributed by atoms with Crippen LogP contribution in [0.4, 0.5) is 0 Å². The minimum absolute atomic E-state index is 0.000833. The molecule has 1 saturated heterocycles. The second kappa shape index (κ2) is 5.79. The summed E-state index contributed by atoms with van der Waals surface area (Å²) in [5.74, 6) is 0.281. The van der Waals surface area contributed by atoms with Gasteiger partial charge in [0.05, 0.1) is 6.33 Å². The summed E-state index contributed by atoms with van der Waals surface area (Å²) in [5.41, 5.74) is 1.24. The molecule has 2 atom stereocenters. The molecule has 0 aliphatic carbocycles. The zero-order valence-electron chi connectivity index (χ0n) is 13.0. The van der Waals surface area contributed by atoms with Crippen molar-refractivity contribution in [1.29, 1.82) is 0 Å². The summed E-state index contributed by atoms with van der Waals surface area (Å²) < 4.78 is 29.1. The lowest BCUT2D eigenvalue weighted by Gasteiger charge is -2.19. The van der Waals surface area contributed by atoms with Crippen molar-refractivity contribution in [2.75, 3.05) is 6.54 Å². The van der Waals surface area contributed by atoms with Crippen LogP contribution in [0.1, 0.15) is 44.7 Å². The Hall–Kier alpha value is -1.18. The fourth-order valence-corrected chi connectivity index (χ4v) is 5.29. The number of hydrogen-bond donors (Lipinski definition) is 0. The average molecular weight is 339 g/mol. The summed E-state index contributed by atoms with van der Waals surface area (Å²) >= 11 is 1.66. The Morgan fingerprint density at radius 2 is 2.18 bits per heavy atom. The van der Waals surface area contributed by atoms with Crippen LogP contribution in [-0.4, -0.2) is 34.9 Å². The monoisotopic (exact) mass is 339 g/mol. The Balaban J connectivity index is 1.85. The second-order valence-electron chi connectivity index (χ2n) is 6.17. The molecule has 0 aromatic carbocycles. The summed E-state index contributed by atoms with van der Waals surface area (Å²) in [5, 5.41) is 4.31. The smallest absolute Gasteiger partial charge is 0.262 e. The molecule has 2 aromatic rings. The lowest BCUT2D eigenvalue weighted by atomic mass is 10.00. The maximum Gasteiger partial charge on any atom is 0.262 e. The number of aromatic nitrogens is 2. The van der Waals surface area contributed by atoms with Gasteiger partial charge in [-0.2, -0.15) is 15.6 Å². The van der Waals surface area contributed by atoms with Crippen LogP contribution < -0.4 is 0 Å². The maximum atomic E-state index is 12.8. The van der Waals surface area contributed by atoms with Crippen LogP contribution >= 0.6 is 11.3 Å². The second-order valence-corrected chi connectivity index (χ2v) is 8.78. The Morgan fingerprint density at radius 3 is 2.77 bits per heavy atom. The van der Waals surface area contributed by atoms with Gasteiger partial charge in [0.1, 0.15) is 0 Å². The van der Waals surface area contributed by atoms with E-state index >= 15 is 0 Å². The Morgan fingerprint density at radius 1 is 1.41 bits per heavy atom. The lowest BCUT2D eigenvalue weighted by molar-refractivity contribution is 0.405. The van der Waals surface area contributed by atoms with Crippen LogP contribution in [0.15, 0.2) is 34.4 Å². The molecule has 7 heteroatoms. The summed E-state index contributed by atoms with van der Waals surface area (Å²) in [6, 6.07) is 2.29. The van der Waals surface area contributed by atoms with Gasteiger partial charge >= 0.3 is 0 Å². The first-order chi connectivity index (χ1) is 10.4. The van der Waals surface area contributed by atoms with E-state index in [2.05, 4.69) is 16.4 Å². The molecule has 1 fully saturated rings. The van der Waals surface area contributed by atoms with Gasteiger partial charge in [-0.1, -0.05) is 0 Å². The van der Waals surface area contributed by atoms with E-state index in [0.717, 1.165) is 6.42 Å². The molecule has 3 rings (SSSR count). The topological polar surface area (TPSA) is 55.2 Å². The molecule has 0 saturated carbocycles. The van der Waals surface area contributed by atoms with E-state index < -0.39 is 10.0 Å². The molecule has 22 heavy (non-hydrogen) atoms. The standard InChI is InChI=1S/C15H21N3O2S2/c1-11(2)17-8-15(16-10-17)22(19,20)18-7-14(6-12(18)3)13-4-5-21-9-13/h4-5,8-12,14H,6-7H2,1-3H3/t12-,14-/m0/s1. The van der Waals surface area contributed by atoms with Gasteiger partial charge < -0.3 is 4.57 Å². The average Bonchev–Trinajstić information content (AvgIpc) is 3.19. The van der Waals surface area contributed by atoms with E-state index in [1.165, 1.54) is 5.56 Å². The predicted molar refractivity (Wildman–Crippen MR) is 87.6 cm³/mol. The highest BCUT2D eigenvalue weighted by Crippen LogP contribution is 2.35. The molecule has 0 amide bonds. The van der Waals surface area contributed by atoms with Crippen LogP contribution in [0, 0.1) is 0 Å². The molecule has 2 aromatic heterocycles. The molecule has 3 heterocycles. The summed E-state index contributed by atoms with van der Waals surface area (Å²) in [4.78, 5) is 4.11. The number of sulfonamides is 1. The zero-order valence-corrected chi connectivity index (χ0v) is 14.6. The Kier molecular flexibility index (Phi) is 4.13. The minimum atomic E-state index is -3.52. The van der Waals surface area contributed by atoms with Crippen molar-refractivity contribution < 1.29 is 8.42 Å². The van der Waals surface area contributed by atoms with E-state index in [-0.39, 0.29) is 23.0 Å². The van der Waals surface area contributed by atoms with Crippen molar-refractivity contribution in [2.45, 2.75) is 50.2 Å². The number of imidazole rings is 1. The molecule has 0 radical (unpaired) electrons. The number of hydrogen-bond acceptors (Lipinski definition) is 4. The van der Waals surface area contributed by atoms with E-state index in [9.17, 15) is 8.42 Å². The van der Waals surface area contributed by atoms with Crippen molar-refractivity contribution in [3.8, 4) is 0 Å². The third kappa shape index (κ3) is 2.73. The zero-order chi connectivity index (χ0) is 15.9. The molecule has 5 nitrogen and oxygen atoms in total. The number of rotatable bonds is 4. The van der Waals surface area contributed by atoms with Gasteiger partial charge in [-0.25, -0.2) is 13.4 Å². The van der Waals surface area contributed by atoms with E-state index in [1.54, 1.807) is 28.2 Å². The molecule has 0 spiro atoms. The van der Waals surface area contributed by atoms with Crippen molar-refractivity contribution in [2.24, 2.45) is 0 Å². The molecule has 0 N–H and O–H groups in total. The Labute approximate surface area is 135 Å². The summed E-state index contributed by atoms with van der Waals surface area (Å²) in [6.45, 7) is 6.52. The van der Waals surface area contributed by atoms with Gasteiger partial charge in [0.2, 0.25) is 0 Å². The third-order valence-corrected chi connectivity index (χ3v) is 6.85. The fourth-order valence-electron chi connectivity index (χ4n) is 2.94. The van der Waals surface area contributed by atoms with Gasteiger partial charge in [-0.3, -0.25) is 0 Å². The normalized spacial score (nSPS) is 23.5. The lowest BCUT2D eigenvalue weighted by Crippen LogP contribution is -2.34.